The number of hydrogen-bond acceptors (Lipinski definition) is 2. The molecule has 0 saturated carbocycles. The zero-order valence-electron chi connectivity index (χ0n) is 35.1. The quantitative estimate of drug-likeness (QED) is 0.123. The normalized spacial score (nSPS) is 13.0. The Labute approximate surface area is 340 Å². The number of benzene rings is 6. The van der Waals surface area contributed by atoms with Crippen LogP contribution in [-0.4, -0.2) is 18.7 Å². The molecule has 10 rings (SSSR count). The van der Waals surface area contributed by atoms with Crippen LogP contribution in [0.3, 0.4) is 0 Å². The van der Waals surface area contributed by atoms with Crippen LogP contribution in [0, 0.1) is 18.5 Å². The van der Waals surface area contributed by atoms with E-state index in [1.807, 2.05) is 24.4 Å². The molecule has 0 fully saturated rings. The van der Waals surface area contributed by atoms with Crippen LogP contribution in [0.25, 0.3) is 66.5 Å². The molecule has 4 aromatic heterocycles. The van der Waals surface area contributed by atoms with Crippen LogP contribution in [0.4, 0.5) is 0 Å². The van der Waals surface area contributed by atoms with Crippen LogP contribution < -0.4 is 9.30 Å². The van der Waals surface area contributed by atoms with Gasteiger partial charge in [-0.05, 0) is 70.5 Å². The fourth-order valence-electron chi connectivity index (χ4n) is 7.32. The van der Waals surface area contributed by atoms with Crippen LogP contribution in [0.2, 0.25) is 0 Å². The average Bonchev–Trinajstić information content (AvgIpc) is 3.95. The van der Waals surface area contributed by atoms with Crippen LogP contribution in [-0.2, 0) is 26.5 Å². The molecule has 0 N–H and O–H groups in total. The smallest absolute Gasteiger partial charge is 0.267 e. The third-order valence-corrected chi connectivity index (χ3v) is 9.85. The molecule has 0 atom stereocenters. The third-order valence-electron chi connectivity index (χ3n) is 9.85. The van der Waals surface area contributed by atoms with E-state index in [0.29, 0.717) is 17.2 Å². The van der Waals surface area contributed by atoms with E-state index in [4.69, 9.17) is 16.6 Å². The van der Waals surface area contributed by atoms with Gasteiger partial charge in [-0.25, -0.2) is 4.98 Å². The van der Waals surface area contributed by atoms with Gasteiger partial charge < -0.3 is 18.4 Å². The molecule has 4 heterocycles. The second kappa shape index (κ2) is 13.6. The van der Waals surface area contributed by atoms with E-state index in [1.165, 1.54) is 15.3 Å². The summed E-state index contributed by atoms with van der Waals surface area (Å²) in [4.78, 5) is 4.92. The summed E-state index contributed by atoms with van der Waals surface area (Å²) in [6.07, 6.45) is 8.21. The Bertz CT molecular complexity index is 3240. The Hall–Kier alpha value is -6.23. The molecule has 55 heavy (non-hydrogen) atoms. The molecule has 0 bridgehead atoms. The van der Waals surface area contributed by atoms with E-state index in [2.05, 4.69) is 133 Å². The van der Waals surface area contributed by atoms with Gasteiger partial charge in [-0.2, -0.15) is 18.2 Å². The Morgan fingerprint density at radius 3 is 2.18 bits per heavy atom. The Balaban J connectivity index is 0.00000462. The Morgan fingerprint density at radius 1 is 0.709 bits per heavy atom. The van der Waals surface area contributed by atoms with Gasteiger partial charge in [0.05, 0.1) is 23.6 Å². The van der Waals surface area contributed by atoms with Crippen molar-refractivity contribution in [2.45, 2.75) is 26.2 Å². The number of aromatic nitrogens is 5. The van der Waals surface area contributed by atoms with Crippen molar-refractivity contribution >= 4 is 43.6 Å². The summed E-state index contributed by atoms with van der Waals surface area (Å²) < 4.78 is 55.0. The van der Waals surface area contributed by atoms with Crippen molar-refractivity contribution in [3.05, 3.63) is 182 Å². The summed E-state index contributed by atoms with van der Waals surface area (Å²) in [6.45, 7) is 6.59. The van der Waals surface area contributed by atoms with E-state index in [-0.39, 0.29) is 44.3 Å². The predicted octanol–water partition coefficient (Wildman–Crippen LogP) is 10.8. The SMILES string of the molecule is [2H]c1c([2H])c([2H])c(-[n+]2[c-]n(-c3[c-]c(Oc4[c-]c5c(cc4)c4c(-n6c7ccccc7c7ccccc76)cccc4n5-c4cc(C(C)(C)C)ccn4)ccc3)cc2)c([2H])c1[2H].[Pt]. The molecule has 0 aliphatic carbocycles. The van der Waals surface area contributed by atoms with Gasteiger partial charge in [0, 0.05) is 73.1 Å². The maximum absolute atomic E-state index is 8.40. The Kier molecular flexibility index (Phi) is 7.19. The molecule has 0 aliphatic heterocycles. The number of ether oxygens (including phenoxy) is 1. The van der Waals surface area contributed by atoms with Crippen LogP contribution in [0.15, 0.2) is 158 Å². The zero-order valence-corrected chi connectivity index (χ0v) is 32.4. The maximum atomic E-state index is 8.40. The van der Waals surface area contributed by atoms with E-state index in [0.717, 1.165) is 49.9 Å². The summed E-state index contributed by atoms with van der Waals surface area (Å²) in [7, 11) is 0. The fourth-order valence-corrected chi connectivity index (χ4v) is 7.32. The van der Waals surface area contributed by atoms with Crippen LogP contribution in [0.1, 0.15) is 33.2 Å². The molecule has 0 saturated heterocycles. The summed E-state index contributed by atoms with van der Waals surface area (Å²) in [5, 5.41) is 4.42. The molecule has 7 heteroatoms. The van der Waals surface area contributed by atoms with Crippen LogP contribution in [0.5, 0.6) is 11.5 Å². The minimum Gasteiger partial charge on any atom is -0.510 e. The molecule has 6 aromatic carbocycles. The molecule has 0 amide bonds. The van der Waals surface area contributed by atoms with Gasteiger partial charge in [0.25, 0.3) is 6.33 Å². The summed E-state index contributed by atoms with van der Waals surface area (Å²) in [5.74, 6) is 1.68. The van der Waals surface area contributed by atoms with Crippen molar-refractivity contribution in [2.75, 3.05) is 0 Å². The number of hydrogen-bond donors (Lipinski definition) is 0. The first kappa shape index (κ1) is 29.2. The predicted molar refractivity (Wildman–Crippen MR) is 215 cm³/mol. The van der Waals surface area contributed by atoms with E-state index >= 15 is 0 Å². The molecule has 270 valence electrons. The fraction of sp³-hybridized carbons (Fsp3) is 0.0833. The van der Waals surface area contributed by atoms with Gasteiger partial charge in [-0.1, -0.05) is 92.3 Å². The molecule has 0 spiro atoms. The number of nitrogens with zero attached hydrogens (tertiary/aromatic N) is 5. The Morgan fingerprint density at radius 2 is 1.42 bits per heavy atom. The molecule has 6 nitrogen and oxygen atoms in total. The second-order valence-corrected chi connectivity index (χ2v) is 14.2. The minimum atomic E-state index is -0.449. The molecule has 10 aromatic rings. The molecular weight excluding hydrogens is 858 g/mol. The van der Waals surface area contributed by atoms with E-state index < -0.39 is 18.1 Å². The van der Waals surface area contributed by atoms with Gasteiger partial charge in [0.15, 0.2) is 0 Å². The summed E-state index contributed by atoms with van der Waals surface area (Å²) >= 11 is 0. The van der Waals surface area contributed by atoms with Crippen molar-refractivity contribution in [3.8, 4) is 34.4 Å². The van der Waals surface area contributed by atoms with Gasteiger partial charge in [-0.15, -0.1) is 24.3 Å². The first-order valence-electron chi connectivity index (χ1n) is 20.2. The van der Waals surface area contributed by atoms with Gasteiger partial charge >= 0.3 is 0 Å². The summed E-state index contributed by atoms with van der Waals surface area (Å²) in [6, 6.07) is 42.1. The monoisotopic (exact) mass is 897 g/mol. The maximum Gasteiger partial charge on any atom is 0.267 e. The number of rotatable bonds is 6. The summed E-state index contributed by atoms with van der Waals surface area (Å²) in [5.41, 5.74) is 6.70. The van der Waals surface area contributed by atoms with Crippen molar-refractivity contribution < 1.29 is 37.2 Å². The number of fused-ring (bicyclic) bond motifs is 6. The van der Waals surface area contributed by atoms with Crippen molar-refractivity contribution in [1.82, 2.24) is 18.7 Å². The van der Waals surface area contributed by atoms with Gasteiger partial charge in [-0.3, -0.25) is 4.57 Å². The number of imidazole rings is 1. The molecule has 0 aliphatic rings. The standard InChI is InChI=1S/C48H35N5O.Pt/c1-48(2,3)33-25-26-49-46(29-33)53-44-22-12-21-43(52-41-19-9-7-17-38(41)39-18-8-10-20-42(39)52)47(44)40-24-23-37(31-45(40)53)54-36-16-11-15-35(30-36)51-28-27-50(32-51)34-13-5-4-6-14-34;/h4-29H,1-3H3;/q-2;/i4D,5D,6D,13D,14D;. The van der Waals surface area contributed by atoms with Crippen molar-refractivity contribution in [3.63, 3.8) is 0 Å². The first-order chi connectivity index (χ1) is 28.5. The van der Waals surface area contributed by atoms with Crippen molar-refractivity contribution in [2.24, 2.45) is 0 Å². The molecular formula is C48H35N5OPt-2. The van der Waals surface area contributed by atoms with E-state index in [1.54, 1.807) is 23.0 Å². The first-order valence-corrected chi connectivity index (χ1v) is 17.7. The number of para-hydroxylation sites is 3. The van der Waals surface area contributed by atoms with Crippen LogP contribution >= 0.6 is 0 Å². The third kappa shape index (κ3) is 5.94. The van der Waals surface area contributed by atoms with Gasteiger partial charge in [0.2, 0.25) is 0 Å². The van der Waals surface area contributed by atoms with E-state index in [9.17, 15) is 0 Å². The molecule has 0 unspecified atom stereocenters. The van der Waals surface area contributed by atoms with Crippen molar-refractivity contribution in [1.29, 1.82) is 0 Å². The minimum absolute atomic E-state index is 0. The van der Waals surface area contributed by atoms with Gasteiger partial charge in [0.1, 0.15) is 5.82 Å². The number of pyridine rings is 1. The topological polar surface area (TPSA) is 40.8 Å². The second-order valence-electron chi connectivity index (χ2n) is 14.2. The molecule has 0 radical (unpaired) electrons. The zero-order chi connectivity index (χ0) is 40.7. The average molecular weight is 898 g/mol. The largest absolute Gasteiger partial charge is 0.510 e.